The highest BCUT2D eigenvalue weighted by Crippen LogP contribution is 2.38. The quantitative estimate of drug-likeness (QED) is 0.542. The molecule has 126 valence electrons. The van der Waals surface area contributed by atoms with E-state index in [1.54, 1.807) is 18.2 Å². The average Bonchev–Trinajstić information content (AvgIpc) is 3.11. The van der Waals surface area contributed by atoms with Gasteiger partial charge in [0.1, 0.15) is 5.65 Å². The van der Waals surface area contributed by atoms with E-state index in [4.69, 9.17) is 0 Å². The van der Waals surface area contributed by atoms with Crippen LogP contribution in [0.15, 0.2) is 59.5 Å². The Morgan fingerprint density at radius 1 is 1.12 bits per heavy atom. The summed E-state index contributed by atoms with van der Waals surface area (Å²) in [5.41, 5.74) is 0.368. The number of hydrogen-bond acceptors (Lipinski definition) is 5. The molecule has 2 aromatic heterocycles. The first-order valence-electron chi connectivity index (χ1n) is 8.14. The number of nitro groups is 1. The van der Waals surface area contributed by atoms with Gasteiger partial charge in [0, 0.05) is 12.7 Å². The third-order valence-corrected chi connectivity index (χ3v) is 4.58. The van der Waals surface area contributed by atoms with Crippen molar-refractivity contribution in [2.24, 2.45) is 0 Å². The van der Waals surface area contributed by atoms with Gasteiger partial charge in [-0.05, 0) is 30.5 Å². The van der Waals surface area contributed by atoms with Gasteiger partial charge in [-0.3, -0.25) is 19.3 Å². The maximum atomic E-state index is 12.6. The molecule has 0 spiro atoms. The number of aromatic nitrogens is 2. The summed E-state index contributed by atoms with van der Waals surface area (Å²) in [5.74, 6) is 0.160. The van der Waals surface area contributed by atoms with Crippen LogP contribution in [-0.2, 0) is 0 Å². The van der Waals surface area contributed by atoms with Crippen molar-refractivity contribution in [3.05, 3.63) is 80.8 Å². The van der Waals surface area contributed by atoms with Gasteiger partial charge in [-0.15, -0.1) is 0 Å². The van der Waals surface area contributed by atoms with E-state index in [2.05, 4.69) is 4.98 Å². The summed E-state index contributed by atoms with van der Waals surface area (Å²) in [5, 5.41) is 11.6. The van der Waals surface area contributed by atoms with Crippen LogP contribution in [0.3, 0.4) is 0 Å². The maximum absolute atomic E-state index is 12.6. The predicted octanol–water partition coefficient (Wildman–Crippen LogP) is 2.94. The molecule has 25 heavy (non-hydrogen) atoms. The second-order valence-electron chi connectivity index (χ2n) is 6.04. The molecule has 1 aliphatic rings. The van der Waals surface area contributed by atoms with Gasteiger partial charge >= 0.3 is 11.2 Å². The number of fused-ring (bicyclic) bond motifs is 1. The van der Waals surface area contributed by atoms with Crippen molar-refractivity contribution in [1.29, 1.82) is 0 Å². The SMILES string of the molecule is O=c1c([N+](=O)[O-])c(N2CCCC2c2ccccc2)nc2ccccn12. The Morgan fingerprint density at radius 2 is 1.88 bits per heavy atom. The van der Waals surface area contributed by atoms with E-state index in [1.165, 1.54) is 10.6 Å². The van der Waals surface area contributed by atoms with E-state index in [0.29, 0.717) is 12.2 Å². The van der Waals surface area contributed by atoms with Gasteiger partial charge in [0.05, 0.1) is 11.0 Å². The van der Waals surface area contributed by atoms with Gasteiger partial charge in [-0.2, -0.15) is 0 Å². The largest absolute Gasteiger partial charge is 0.376 e. The first kappa shape index (κ1) is 15.3. The lowest BCUT2D eigenvalue weighted by Gasteiger charge is -2.25. The van der Waals surface area contributed by atoms with Crippen molar-refractivity contribution in [2.45, 2.75) is 18.9 Å². The molecule has 1 aliphatic heterocycles. The molecule has 0 amide bonds. The van der Waals surface area contributed by atoms with Crippen LogP contribution in [0.4, 0.5) is 11.5 Å². The highest BCUT2D eigenvalue weighted by Gasteiger charge is 2.34. The van der Waals surface area contributed by atoms with E-state index in [9.17, 15) is 14.9 Å². The number of benzene rings is 1. The fourth-order valence-electron chi connectivity index (χ4n) is 3.47. The van der Waals surface area contributed by atoms with Crippen LogP contribution in [0.25, 0.3) is 5.65 Å². The molecule has 7 heteroatoms. The molecule has 0 aliphatic carbocycles. The number of pyridine rings is 1. The molecule has 4 rings (SSSR count). The molecule has 1 atom stereocenters. The normalized spacial score (nSPS) is 17.1. The Balaban J connectivity index is 1.92. The van der Waals surface area contributed by atoms with Gasteiger partial charge in [-0.1, -0.05) is 36.4 Å². The zero-order chi connectivity index (χ0) is 17.4. The molecule has 7 nitrogen and oxygen atoms in total. The second kappa shape index (κ2) is 6.01. The molecule has 0 bridgehead atoms. The minimum atomic E-state index is -0.649. The molecule has 0 radical (unpaired) electrons. The van der Waals surface area contributed by atoms with Crippen molar-refractivity contribution in [3.8, 4) is 0 Å². The molecule has 1 saturated heterocycles. The summed E-state index contributed by atoms with van der Waals surface area (Å²) in [7, 11) is 0. The number of hydrogen-bond donors (Lipinski definition) is 0. The average molecular weight is 336 g/mol. The first-order chi connectivity index (χ1) is 12.2. The molecule has 3 aromatic rings. The van der Waals surface area contributed by atoms with Crippen LogP contribution >= 0.6 is 0 Å². The maximum Gasteiger partial charge on any atom is 0.376 e. The Bertz CT molecular complexity index is 1000. The van der Waals surface area contributed by atoms with Gasteiger partial charge in [0.25, 0.3) is 0 Å². The van der Waals surface area contributed by atoms with E-state index in [1.807, 2.05) is 35.2 Å². The Morgan fingerprint density at radius 3 is 2.64 bits per heavy atom. The van der Waals surface area contributed by atoms with Gasteiger partial charge in [-0.25, -0.2) is 4.98 Å². The lowest BCUT2D eigenvalue weighted by atomic mass is 10.0. The molecule has 3 heterocycles. The summed E-state index contributed by atoms with van der Waals surface area (Å²) >= 11 is 0. The Hall–Kier alpha value is -3.22. The van der Waals surface area contributed by atoms with Crippen LogP contribution in [0, 0.1) is 10.1 Å². The summed E-state index contributed by atoms with van der Waals surface area (Å²) in [6.45, 7) is 0.635. The molecular formula is C18H16N4O3. The zero-order valence-corrected chi connectivity index (χ0v) is 13.4. The highest BCUT2D eigenvalue weighted by molar-refractivity contribution is 5.63. The van der Waals surface area contributed by atoms with Crippen LogP contribution in [0.1, 0.15) is 24.4 Å². The van der Waals surface area contributed by atoms with Crippen molar-refractivity contribution < 1.29 is 4.92 Å². The summed E-state index contributed by atoms with van der Waals surface area (Å²) < 4.78 is 1.22. The Kier molecular flexibility index (Phi) is 3.68. The lowest BCUT2D eigenvalue weighted by Crippen LogP contribution is -2.29. The fraction of sp³-hybridized carbons (Fsp3) is 0.222. The number of anilines is 1. The zero-order valence-electron chi connectivity index (χ0n) is 13.4. The second-order valence-corrected chi connectivity index (χ2v) is 6.04. The first-order valence-corrected chi connectivity index (χ1v) is 8.14. The molecular weight excluding hydrogens is 320 g/mol. The molecule has 0 N–H and O–H groups in total. The monoisotopic (exact) mass is 336 g/mol. The predicted molar refractivity (Wildman–Crippen MR) is 93.9 cm³/mol. The van der Waals surface area contributed by atoms with E-state index in [0.717, 1.165) is 18.4 Å². The number of nitrogens with zero attached hydrogens (tertiary/aromatic N) is 4. The Labute approximate surface area is 143 Å². The topological polar surface area (TPSA) is 80.8 Å². The minimum absolute atomic E-state index is 0.0158. The lowest BCUT2D eigenvalue weighted by molar-refractivity contribution is -0.385. The third-order valence-electron chi connectivity index (χ3n) is 4.58. The highest BCUT2D eigenvalue weighted by atomic mass is 16.6. The number of rotatable bonds is 3. The van der Waals surface area contributed by atoms with E-state index in [-0.39, 0.29) is 11.9 Å². The van der Waals surface area contributed by atoms with E-state index < -0.39 is 16.2 Å². The fourth-order valence-corrected chi connectivity index (χ4v) is 3.47. The standard InChI is InChI=1S/C18H16N4O3/c23-18-16(22(24)25)17(19-15-10-4-5-11-21(15)18)20-12-6-9-14(20)13-7-2-1-3-8-13/h1-5,7-8,10-11,14H,6,9,12H2. The molecule has 0 saturated carbocycles. The van der Waals surface area contributed by atoms with Crippen LogP contribution < -0.4 is 10.5 Å². The van der Waals surface area contributed by atoms with Crippen molar-refractivity contribution in [2.75, 3.05) is 11.4 Å². The van der Waals surface area contributed by atoms with Crippen molar-refractivity contribution in [1.82, 2.24) is 9.38 Å². The van der Waals surface area contributed by atoms with Gasteiger partial charge < -0.3 is 4.90 Å². The van der Waals surface area contributed by atoms with E-state index >= 15 is 0 Å². The van der Waals surface area contributed by atoms with Gasteiger partial charge in [0.2, 0.25) is 5.82 Å². The van der Waals surface area contributed by atoms with Crippen LogP contribution in [0.5, 0.6) is 0 Å². The minimum Gasteiger partial charge on any atom is -0.344 e. The van der Waals surface area contributed by atoms with Crippen molar-refractivity contribution in [3.63, 3.8) is 0 Å². The summed E-state index contributed by atoms with van der Waals surface area (Å²) in [4.78, 5) is 30.0. The van der Waals surface area contributed by atoms with Crippen molar-refractivity contribution >= 4 is 17.2 Å². The summed E-state index contributed by atoms with van der Waals surface area (Å²) in [6.07, 6.45) is 3.27. The smallest absolute Gasteiger partial charge is 0.344 e. The molecule has 1 fully saturated rings. The summed E-state index contributed by atoms with van der Waals surface area (Å²) in [6, 6.07) is 14.9. The third kappa shape index (κ3) is 2.53. The van der Waals surface area contributed by atoms with Gasteiger partial charge in [0.15, 0.2) is 0 Å². The van der Waals surface area contributed by atoms with Crippen LogP contribution in [-0.4, -0.2) is 20.9 Å². The van der Waals surface area contributed by atoms with Crippen LogP contribution in [0.2, 0.25) is 0 Å². The molecule has 1 aromatic carbocycles. The molecule has 1 unspecified atom stereocenters.